The minimum Gasteiger partial charge on any atom is -0.492 e. The number of alkyl halides is 3. The molecule has 2 aromatic carbocycles. The van der Waals surface area contributed by atoms with Crippen molar-refractivity contribution in [1.82, 2.24) is 4.98 Å². The van der Waals surface area contributed by atoms with E-state index in [4.69, 9.17) is 11.6 Å². The van der Waals surface area contributed by atoms with Gasteiger partial charge in [-0.15, -0.1) is 11.3 Å². The maximum atomic E-state index is 13.6. The first-order chi connectivity index (χ1) is 14.3. The largest absolute Gasteiger partial charge is 0.492 e. The maximum Gasteiger partial charge on any atom is 0.416 e. The first kappa shape index (κ1) is 20.9. The second kappa shape index (κ2) is 8.05. The molecule has 0 unspecified atom stereocenters. The molecule has 0 fully saturated rings. The quantitative estimate of drug-likeness (QED) is 0.568. The van der Waals surface area contributed by atoms with Crippen LogP contribution in [0.5, 0.6) is 5.88 Å². The molecule has 1 aliphatic heterocycles. The van der Waals surface area contributed by atoms with Gasteiger partial charge in [0, 0.05) is 17.0 Å². The van der Waals surface area contributed by atoms with Crippen molar-refractivity contribution in [2.45, 2.75) is 16.9 Å². The maximum absolute atomic E-state index is 13.6. The van der Waals surface area contributed by atoms with Crippen molar-refractivity contribution in [1.29, 1.82) is 0 Å². The van der Waals surface area contributed by atoms with E-state index in [0.717, 1.165) is 11.6 Å². The Kier molecular flexibility index (Phi) is 5.61. The topological polar surface area (TPSA) is 57.8 Å². The Balaban J connectivity index is 1.95. The van der Waals surface area contributed by atoms with Gasteiger partial charge < -0.3 is 5.11 Å². The molecule has 4 rings (SSSR count). The van der Waals surface area contributed by atoms with Crippen LogP contribution in [0.2, 0.25) is 5.02 Å². The zero-order valence-corrected chi connectivity index (χ0v) is 17.8. The van der Waals surface area contributed by atoms with Crippen molar-refractivity contribution in [3.63, 3.8) is 0 Å². The molecule has 30 heavy (non-hydrogen) atoms. The van der Waals surface area contributed by atoms with E-state index < -0.39 is 11.7 Å². The first-order valence-electron chi connectivity index (χ1n) is 8.60. The van der Waals surface area contributed by atoms with Crippen LogP contribution in [-0.4, -0.2) is 22.6 Å². The molecule has 1 aliphatic rings. The number of nitrogens with zero attached hydrogens (tertiary/aromatic N) is 3. The molecule has 154 valence electrons. The lowest BCUT2D eigenvalue weighted by Gasteiger charge is -2.15. The van der Waals surface area contributed by atoms with Crippen LogP contribution >= 0.6 is 34.7 Å². The predicted molar refractivity (Wildman–Crippen MR) is 113 cm³/mol. The molecule has 0 atom stereocenters. The Labute approximate surface area is 182 Å². The number of thiazole rings is 1. The van der Waals surface area contributed by atoms with Crippen molar-refractivity contribution in [3.8, 4) is 5.88 Å². The number of fused-ring (bicyclic) bond motifs is 1. The van der Waals surface area contributed by atoms with Gasteiger partial charge in [0.25, 0.3) is 0 Å². The molecule has 0 radical (unpaired) electrons. The van der Waals surface area contributed by atoms with Crippen LogP contribution in [0.1, 0.15) is 21.6 Å². The number of aromatic hydroxyl groups is 1. The number of benzene rings is 2. The number of aromatic nitrogens is 1. The normalized spacial score (nSPS) is 13.9. The van der Waals surface area contributed by atoms with Gasteiger partial charge in [0.2, 0.25) is 5.88 Å². The van der Waals surface area contributed by atoms with Gasteiger partial charge in [-0.05, 0) is 46.9 Å². The lowest BCUT2D eigenvalue weighted by atomic mass is 9.96. The van der Waals surface area contributed by atoms with Gasteiger partial charge in [-0.1, -0.05) is 35.5 Å². The van der Waals surface area contributed by atoms with Gasteiger partial charge >= 0.3 is 6.18 Å². The highest BCUT2D eigenvalue weighted by Gasteiger charge is 2.34. The molecule has 1 N–H and O–H groups in total. The fourth-order valence-electron chi connectivity index (χ4n) is 3.14. The molecule has 0 saturated heterocycles. The van der Waals surface area contributed by atoms with E-state index in [9.17, 15) is 18.3 Å². The Morgan fingerprint density at radius 3 is 2.70 bits per heavy atom. The average Bonchev–Trinajstić information content (AvgIpc) is 3.32. The van der Waals surface area contributed by atoms with Crippen LogP contribution in [0.3, 0.4) is 0 Å². The van der Waals surface area contributed by atoms with Crippen LogP contribution in [-0.2, 0) is 12.6 Å². The van der Waals surface area contributed by atoms with E-state index in [1.54, 1.807) is 24.4 Å². The first-order valence-corrected chi connectivity index (χ1v) is 11.0. The van der Waals surface area contributed by atoms with Gasteiger partial charge in [0.15, 0.2) is 4.34 Å². The molecular formula is C20H13ClF3N3OS2. The Hall–Kier alpha value is -2.36. The fraction of sp³-hybridized carbons (Fsp3) is 0.150. The summed E-state index contributed by atoms with van der Waals surface area (Å²) in [5.41, 5.74) is 0.533. The highest BCUT2D eigenvalue weighted by atomic mass is 35.5. The van der Waals surface area contributed by atoms with E-state index in [1.165, 1.54) is 35.2 Å². The molecule has 3 aromatic rings. The summed E-state index contributed by atoms with van der Waals surface area (Å²) in [5, 5.41) is 19.6. The van der Waals surface area contributed by atoms with E-state index in [-0.39, 0.29) is 22.9 Å². The number of rotatable bonds is 4. The number of hydrogen-bond donors (Lipinski definition) is 1. The fourth-order valence-corrected chi connectivity index (χ4v) is 4.83. The Morgan fingerprint density at radius 1 is 1.20 bits per heavy atom. The highest BCUT2D eigenvalue weighted by Crippen LogP contribution is 2.39. The van der Waals surface area contributed by atoms with Crippen molar-refractivity contribution in [2.75, 3.05) is 6.26 Å². The summed E-state index contributed by atoms with van der Waals surface area (Å²) in [4.78, 5) is 4.53. The molecular weight excluding hydrogens is 455 g/mol. The van der Waals surface area contributed by atoms with Crippen molar-refractivity contribution >= 4 is 46.5 Å². The number of thioether (sulfide) groups is 1. The monoisotopic (exact) mass is 467 g/mol. The van der Waals surface area contributed by atoms with Crippen LogP contribution in [0.15, 0.2) is 50.9 Å². The van der Waals surface area contributed by atoms with Crippen LogP contribution in [0, 0.1) is 0 Å². The third-order valence-corrected chi connectivity index (χ3v) is 6.85. The highest BCUT2D eigenvalue weighted by molar-refractivity contribution is 8.00. The minimum atomic E-state index is -4.56. The standard InChI is InChI=1S/C20H13ClF3N3OS2/c1-29-19-26-18(28)17(30-19)14(10-3-5-16-12(6-10)9-25-27-16)7-11-2-4-13(21)8-15(11)20(22,23)24/h2-6,8-9,28H,7H2,1H3. The summed E-state index contributed by atoms with van der Waals surface area (Å²) in [7, 11) is 0. The summed E-state index contributed by atoms with van der Waals surface area (Å²) in [6.45, 7) is 0. The van der Waals surface area contributed by atoms with Gasteiger partial charge in [-0.3, -0.25) is 0 Å². The zero-order valence-electron chi connectivity index (χ0n) is 15.4. The van der Waals surface area contributed by atoms with Gasteiger partial charge in [0.05, 0.1) is 22.0 Å². The molecule has 10 heteroatoms. The predicted octanol–water partition coefficient (Wildman–Crippen LogP) is 4.65. The van der Waals surface area contributed by atoms with E-state index >= 15 is 0 Å². The summed E-state index contributed by atoms with van der Waals surface area (Å²) in [6, 6.07) is 9.01. The molecule has 0 bridgehead atoms. The van der Waals surface area contributed by atoms with Gasteiger partial charge in [-0.2, -0.15) is 28.4 Å². The zero-order chi connectivity index (χ0) is 21.5. The lowest BCUT2D eigenvalue weighted by Crippen LogP contribution is -2.17. The Bertz CT molecular complexity index is 1290. The third kappa shape index (κ3) is 4.10. The summed E-state index contributed by atoms with van der Waals surface area (Å²) in [5.74, 6) is -0.208. The molecule has 1 aromatic heterocycles. The molecule has 0 amide bonds. The number of halogens is 4. The molecule has 0 saturated carbocycles. The molecule has 0 aliphatic carbocycles. The second-order valence-corrected chi connectivity index (χ2v) is 8.90. The third-order valence-electron chi connectivity index (χ3n) is 4.52. The van der Waals surface area contributed by atoms with Crippen LogP contribution in [0.25, 0.3) is 5.57 Å². The summed E-state index contributed by atoms with van der Waals surface area (Å²) >= 11 is 8.41. The number of hydrogen-bond acceptors (Lipinski definition) is 6. The van der Waals surface area contributed by atoms with Crippen LogP contribution in [0.4, 0.5) is 13.2 Å². The average molecular weight is 468 g/mol. The van der Waals surface area contributed by atoms with Crippen molar-refractivity contribution in [2.24, 2.45) is 10.2 Å². The second-order valence-electron chi connectivity index (χ2n) is 6.41. The smallest absolute Gasteiger partial charge is 0.416 e. The van der Waals surface area contributed by atoms with Gasteiger partial charge in [0.1, 0.15) is 0 Å². The SMILES string of the molecule is CSc1nc(O)c(C(Cc2ccc(Cl)cc2C(F)(F)F)=c2ccc3c(c2)C=NN=3)s1. The van der Waals surface area contributed by atoms with E-state index in [0.29, 0.717) is 25.4 Å². The molecule has 4 nitrogen and oxygen atoms in total. The van der Waals surface area contributed by atoms with Crippen molar-refractivity contribution in [3.05, 3.63) is 73.6 Å². The van der Waals surface area contributed by atoms with E-state index in [1.807, 2.05) is 6.26 Å². The van der Waals surface area contributed by atoms with Gasteiger partial charge in [-0.25, -0.2) is 0 Å². The minimum absolute atomic E-state index is 0.00767. The van der Waals surface area contributed by atoms with Crippen LogP contribution < -0.4 is 10.6 Å². The Morgan fingerprint density at radius 2 is 2.00 bits per heavy atom. The van der Waals surface area contributed by atoms with Crippen molar-refractivity contribution < 1.29 is 18.3 Å². The summed E-state index contributed by atoms with van der Waals surface area (Å²) in [6.07, 6.45) is -1.23. The van der Waals surface area contributed by atoms with E-state index in [2.05, 4.69) is 15.2 Å². The lowest BCUT2D eigenvalue weighted by molar-refractivity contribution is -0.138. The molecule has 0 spiro atoms. The summed E-state index contributed by atoms with van der Waals surface area (Å²) < 4.78 is 41.5. The molecule has 2 heterocycles.